The molecule has 6 nitrogen and oxygen atoms in total. The summed E-state index contributed by atoms with van der Waals surface area (Å²) in [6.07, 6.45) is 3.82. The van der Waals surface area contributed by atoms with Gasteiger partial charge in [0.1, 0.15) is 5.70 Å². The number of likely N-dealkylation sites (tertiary alicyclic amines) is 1. The van der Waals surface area contributed by atoms with E-state index in [9.17, 15) is 9.59 Å². The lowest BCUT2D eigenvalue weighted by Crippen LogP contribution is -2.35. The van der Waals surface area contributed by atoms with E-state index in [1.165, 1.54) is 4.90 Å². The van der Waals surface area contributed by atoms with Crippen molar-refractivity contribution in [3.05, 3.63) is 29.5 Å². The molecule has 6 heteroatoms. The number of carbonyl (C=O) groups excluding carboxylic acids is 2. The molecular formula is C20H26N2O4. The van der Waals surface area contributed by atoms with Gasteiger partial charge in [-0.25, -0.2) is 0 Å². The summed E-state index contributed by atoms with van der Waals surface area (Å²) >= 11 is 0. The first kappa shape index (κ1) is 18.3. The van der Waals surface area contributed by atoms with E-state index >= 15 is 0 Å². The Labute approximate surface area is 154 Å². The topological polar surface area (TPSA) is 59.1 Å². The SMILES string of the molecule is CCCCN1C(=O)C(c2ccc(OC)c(OC)c2)=C(N2CCCC2)C1=O. The van der Waals surface area contributed by atoms with E-state index < -0.39 is 0 Å². The second-order valence-electron chi connectivity index (χ2n) is 6.60. The summed E-state index contributed by atoms with van der Waals surface area (Å²) in [5.74, 6) is 0.761. The number of carbonyl (C=O) groups is 2. The van der Waals surface area contributed by atoms with Gasteiger partial charge in [-0.2, -0.15) is 0 Å². The first-order valence-corrected chi connectivity index (χ1v) is 9.20. The third-order valence-electron chi connectivity index (χ3n) is 4.97. The molecular weight excluding hydrogens is 332 g/mol. The Hall–Kier alpha value is -2.50. The summed E-state index contributed by atoms with van der Waals surface area (Å²) < 4.78 is 10.7. The summed E-state index contributed by atoms with van der Waals surface area (Å²) in [6.45, 7) is 4.14. The summed E-state index contributed by atoms with van der Waals surface area (Å²) in [5, 5.41) is 0. The Balaban J connectivity index is 2.06. The maximum atomic E-state index is 13.1. The molecule has 2 heterocycles. The Morgan fingerprint density at radius 1 is 1.00 bits per heavy atom. The molecule has 2 amide bonds. The minimum Gasteiger partial charge on any atom is -0.493 e. The smallest absolute Gasteiger partial charge is 0.277 e. The first-order valence-electron chi connectivity index (χ1n) is 9.20. The van der Waals surface area contributed by atoms with Crippen LogP contribution >= 0.6 is 0 Å². The number of methoxy groups -OCH3 is 2. The van der Waals surface area contributed by atoms with Crippen LogP contribution in [0.15, 0.2) is 23.9 Å². The second-order valence-corrected chi connectivity index (χ2v) is 6.60. The minimum atomic E-state index is -0.211. The molecule has 1 aromatic carbocycles. The molecule has 0 N–H and O–H groups in total. The predicted octanol–water partition coefficient (Wildman–Crippen LogP) is 2.68. The van der Waals surface area contributed by atoms with Crippen LogP contribution in [0.5, 0.6) is 11.5 Å². The van der Waals surface area contributed by atoms with Gasteiger partial charge in [-0.1, -0.05) is 19.4 Å². The van der Waals surface area contributed by atoms with E-state index in [-0.39, 0.29) is 11.8 Å². The molecule has 1 aromatic rings. The predicted molar refractivity (Wildman–Crippen MR) is 98.9 cm³/mol. The summed E-state index contributed by atoms with van der Waals surface area (Å²) in [5.41, 5.74) is 1.71. The Kier molecular flexibility index (Phi) is 5.49. The number of imide groups is 1. The van der Waals surface area contributed by atoms with Gasteiger partial charge >= 0.3 is 0 Å². The number of amides is 2. The van der Waals surface area contributed by atoms with Gasteiger partial charge in [-0.15, -0.1) is 0 Å². The van der Waals surface area contributed by atoms with Crippen molar-refractivity contribution in [3.8, 4) is 11.5 Å². The van der Waals surface area contributed by atoms with Gasteiger partial charge in [0.15, 0.2) is 11.5 Å². The van der Waals surface area contributed by atoms with Gasteiger partial charge in [0.05, 0.1) is 19.8 Å². The van der Waals surface area contributed by atoms with Crippen molar-refractivity contribution >= 4 is 17.4 Å². The van der Waals surface area contributed by atoms with E-state index in [0.29, 0.717) is 34.9 Å². The van der Waals surface area contributed by atoms with Gasteiger partial charge in [0, 0.05) is 19.6 Å². The third kappa shape index (κ3) is 3.16. The van der Waals surface area contributed by atoms with Crippen molar-refractivity contribution in [1.82, 2.24) is 9.80 Å². The number of nitrogens with zero attached hydrogens (tertiary/aromatic N) is 2. The average molecular weight is 358 g/mol. The number of unbranched alkanes of at least 4 members (excludes halogenated alkanes) is 1. The summed E-state index contributed by atoms with van der Waals surface area (Å²) in [7, 11) is 3.13. The molecule has 0 unspecified atom stereocenters. The van der Waals surface area contributed by atoms with Crippen LogP contribution in [0.3, 0.4) is 0 Å². The molecule has 2 aliphatic heterocycles. The maximum Gasteiger partial charge on any atom is 0.277 e. The van der Waals surface area contributed by atoms with Gasteiger partial charge in [-0.05, 0) is 37.0 Å². The second kappa shape index (κ2) is 7.81. The summed E-state index contributed by atoms with van der Waals surface area (Å²) in [4.78, 5) is 29.6. The van der Waals surface area contributed by atoms with Crippen LogP contribution in [0.25, 0.3) is 5.57 Å². The molecule has 0 saturated carbocycles. The maximum absolute atomic E-state index is 13.1. The lowest BCUT2D eigenvalue weighted by molar-refractivity contribution is -0.137. The quantitative estimate of drug-likeness (QED) is 0.702. The van der Waals surface area contributed by atoms with Crippen molar-refractivity contribution < 1.29 is 19.1 Å². The van der Waals surface area contributed by atoms with E-state index in [1.54, 1.807) is 26.4 Å². The van der Waals surface area contributed by atoms with Crippen molar-refractivity contribution in [3.63, 3.8) is 0 Å². The number of rotatable bonds is 7. The zero-order valence-electron chi connectivity index (χ0n) is 15.7. The Bertz CT molecular complexity index is 735. The van der Waals surface area contributed by atoms with Crippen LogP contribution in [0, 0.1) is 0 Å². The summed E-state index contributed by atoms with van der Waals surface area (Å²) in [6, 6.07) is 5.37. The van der Waals surface area contributed by atoms with Crippen molar-refractivity contribution in [2.45, 2.75) is 32.6 Å². The highest BCUT2D eigenvalue weighted by atomic mass is 16.5. The molecule has 0 aliphatic carbocycles. The molecule has 3 rings (SSSR count). The number of hydrogen-bond donors (Lipinski definition) is 0. The van der Waals surface area contributed by atoms with Gasteiger partial charge in [0.25, 0.3) is 11.8 Å². The van der Waals surface area contributed by atoms with Crippen LogP contribution in [-0.4, -0.2) is 55.5 Å². The van der Waals surface area contributed by atoms with Crippen molar-refractivity contribution in [1.29, 1.82) is 0 Å². The van der Waals surface area contributed by atoms with Crippen LogP contribution < -0.4 is 9.47 Å². The van der Waals surface area contributed by atoms with Gasteiger partial charge < -0.3 is 14.4 Å². The molecule has 1 fully saturated rings. The van der Waals surface area contributed by atoms with Crippen molar-refractivity contribution in [2.75, 3.05) is 33.9 Å². The molecule has 2 aliphatic rings. The van der Waals surface area contributed by atoms with Crippen LogP contribution in [0.1, 0.15) is 38.2 Å². The monoisotopic (exact) mass is 358 g/mol. The number of ether oxygens (including phenoxy) is 2. The highest BCUT2D eigenvalue weighted by molar-refractivity contribution is 6.35. The molecule has 0 aromatic heterocycles. The highest BCUT2D eigenvalue weighted by Gasteiger charge is 2.41. The zero-order chi connectivity index (χ0) is 18.7. The van der Waals surface area contributed by atoms with Gasteiger partial charge in [0.2, 0.25) is 0 Å². The molecule has 0 atom stereocenters. The molecule has 0 radical (unpaired) electrons. The normalized spacial score (nSPS) is 17.5. The average Bonchev–Trinajstić information content (AvgIpc) is 3.26. The molecule has 0 bridgehead atoms. The van der Waals surface area contributed by atoms with E-state index in [2.05, 4.69) is 11.8 Å². The van der Waals surface area contributed by atoms with E-state index in [0.717, 1.165) is 38.8 Å². The fourth-order valence-corrected chi connectivity index (χ4v) is 3.57. The molecule has 26 heavy (non-hydrogen) atoms. The fourth-order valence-electron chi connectivity index (χ4n) is 3.57. The van der Waals surface area contributed by atoms with Crippen LogP contribution in [0.4, 0.5) is 0 Å². The molecule has 0 spiro atoms. The molecule has 1 saturated heterocycles. The number of benzene rings is 1. The van der Waals surface area contributed by atoms with E-state index in [4.69, 9.17) is 9.47 Å². The van der Waals surface area contributed by atoms with E-state index in [1.807, 2.05) is 6.07 Å². The largest absolute Gasteiger partial charge is 0.493 e. The van der Waals surface area contributed by atoms with Crippen molar-refractivity contribution in [2.24, 2.45) is 0 Å². The molecule has 140 valence electrons. The van der Waals surface area contributed by atoms with Gasteiger partial charge in [-0.3, -0.25) is 14.5 Å². The van der Waals surface area contributed by atoms with Crippen LogP contribution in [-0.2, 0) is 9.59 Å². The third-order valence-corrected chi connectivity index (χ3v) is 4.97. The highest BCUT2D eigenvalue weighted by Crippen LogP contribution is 2.37. The lowest BCUT2D eigenvalue weighted by atomic mass is 10.0. The zero-order valence-corrected chi connectivity index (χ0v) is 15.7. The Morgan fingerprint density at radius 3 is 2.31 bits per heavy atom. The first-order chi connectivity index (χ1) is 12.6. The fraction of sp³-hybridized carbons (Fsp3) is 0.500. The Morgan fingerprint density at radius 2 is 1.69 bits per heavy atom. The lowest BCUT2D eigenvalue weighted by Gasteiger charge is -2.20. The van der Waals surface area contributed by atoms with Crippen LogP contribution in [0.2, 0.25) is 0 Å². The minimum absolute atomic E-state index is 0.171. The standard InChI is InChI=1S/C20H26N2O4/c1-4-5-12-22-19(23)17(18(20(22)24)21-10-6-7-11-21)14-8-9-15(25-2)16(13-14)26-3/h8-9,13H,4-7,10-12H2,1-3H3. The number of hydrogen-bond acceptors (Lipinski definition) is 5.